The van der Waals surface area contributed by atoms with Gasteiger partial charge in [0.05, 0.1) is 13.7 Å². The molecule has 24 heavy (non-hydrogen) atoms. The average Bonchev–Trinajstić information content (AvgIpc) is 3.04. The van der Waals surface area contributed by atoms with Crippen molar-refractivity contribution in [2.24, 2.45) is 4.99 Å². The molecule has 1 aromatic carbocycles. The van der Waals surface area contributed by atoms with Crippen molar-refractivity contribution in [3.8, 4) is 5.75 Å². The van der Waals surface area contributed by atoms with Crippen molar-refractivity contribution in [3.63, 3.8) is 0 Å². The van der Waals surface area contributed by atoms with E-state index in [1.54, 1.807) is 14.2 Å². The van der Waals surface area contributed by atoms with Crippen molar-refractivity contribution in [1.29, 1.82) is 0 Å². The van der Waals surface area contributed by atoms with Crippen LogP contribution in [0.15, 0.2) is 41.7 Å². The van der Waals surface area contributed by atoms with E-state index >= 15 is 0 Å². The Bertz CT molecular complexity index is 663. The maximum atomic E-state index is 12.7. The number of ether oxygens (including phenoxy) is 1. The summed E-state index contributed by atoms with van der Waals surface area (Å²) in [7, 11) is 3.22. The van der Waals surface area contributed by atoms with Crippen LogP contribution in [0.4, 0.5) is 8.78 Å². The molecule has 0 saturated carbocycles. The zero-order valence-corrected chi connectivity index (χ0v) is 15.7. The van der Waals surface area contributed by atoms with Crippen molar-refractivity contribution >= 4 is 29.9 Å². The van der Waals surface area contributed by atoms with Crippen LogP contribution in [0.3, 0.4) is 0 Å². The van der Waals surface area contributed by atoms with Crippen molar-refractivity contribution in [1.82, 2.24) is 20.2 Å². The first-order valence-electron chi connectivity index (χ1n) is 7.01. The summed E-state index contributed by atoms with van der Waals surface area (Å²) >= 11 is 0. The monoisotopic (exact) mass is 451 g/mol. The van der Waals surface area contributed by atoms with Crippen LogP contribution in [0.25, 0.3) is 0 Å². The lowest BCUT2D eigenvalue weighted by Crippen LogP contribution is -2.37. The third-order valence-corrected chi connectivity index (χ3v) is 3.19. The number of imidazole rings is 1. The number of benzene rings is 1. The quantitative estimate of drug-likeness (QED) is 0.403. The van der Waals surface area contributed by atoms with Crippen LogP contribution >= 0.6 is 24.0 Å². The zero-order chi connectivity index (χ0) is 16.7. The summed E-state index contributed by atoms with van der Waals surface area (Å²) in [5, 5.41) is 6.06. The van der Waals surface area contributed by atoms with Gasteiger partial charge in [-0.2, -0.15) is 8.78 Å². The minimum absolute atomic E-state index is 0. The molecule has 1 heterocycles. The van der Waals surface area contributed by atoms with Crippen molar-refractivity contribution in [2.75, 3.05) is 14.2 Å². The number of rotatable bonds is 6. The first-order chi connectivity index (χ1) is 11.1. The lowest BCUT2D eigenvalue weighted by molar-refractivity contribution is 0.0668. The van der Waals surface area contributed by atoms with Gasteiger partial charge in [-0.1, -0.05) is 12.1 Å². The Balaban J connectivity index is 0.00000288. The van der Waals surface area contributed by atoms with E-state index in [2.05, 4.69) is 20.6 Å². The molecule has 0 spiro atoms. The van der Waals surface area contributed by atoms with E-state index in [1.807, 2.05) is 24.3 Å². The number of halogens is 3. The van der Waals surface area contributed by atoms with E-state index in [0.717, 1.165) is 15.9 Å². The maximum absolute atomic E-state index is 12.7. The number of aromatic nitrogens is 2. The van der Waals surface area contributed by atoms with Crippen molar-refractivity contribution < 1.29 is 13.5 Å². The van der Waals surface area contributed by atoms with Gasteiger partial charge in [-0.05, 0) is 17.7 Å². The second-order valence-corrected chi connectivity index (χ2v) is 4.66. The van der Waals surface area contributed by atoms with Gasteiger partial charge < -0.3 is 15.4 Å². The molecule has 0 radical (unpaired) electrons. The van der Waals surface area contributed by atoms with Gasteiger partial charge in [-0.25, -0.2) is 4.98 Å². The summed E-state index contributed by atoms with van der Waals surface area (Å²) in [5.74, 6) is 1.51. The molecule has 0 aliphatic carbocycles. The number of guanidine groups is 1. The summed E-state index contributed by atoms with van der Waals surface area (Å²) in [6.45, 7) is -1.93. The smallest absolute Gasteiger partial charge is 0.319 e. The Labute approximate surface area is 156 Å². The molecule has 0 aliphatic heterocycles. The number of hydrogen-bond acceptors (Lipinski definition) is 3. The second-order valence-electron chi connectivity index (χ2n) is 4.66. The molecule has 6 nitrogen and oxygen atoms in total. The number of hydrogen-bond donors (Lipinski definition) is 2. The minimum Gasteiger partial charge on any atom is -0.497 e. The van der Waals surface area contributed by atoms with Gasteiger partial charge in [0.25, 0.3) is 0 Å². The van der Waals surface area contributed by atoms with Gasteiger partial charge >= 0.3 is 6.55 Å². The molecular weight excluding hydrogens is 431 g/mol. The van der Waals surface area contributed by atoms with Gasteiger partial charge in [0.15, 0.2) is 5.96 Å². The SMILES string of the molecule is CN=C(NCc1cccc(OC)c1)NCc1nccn1C(F)F.I. The highest BCUT2D eigenvalue weighted by molar-refractivity contribution is 14.0. The largest absolute Gasteiger partial charge is 0.497 e. The second kappa shape index (κ2) is 10.1. The fourth-order valence-electron chi connectivity index (χ4n) is 2.01. The normalized spacial score (nSPS) is 11.1. The number of aliphatic imine (C=N–C) groups is 1. The molecule has 0 bridgehead atoms. The molecule has 0 unspecified atom stereocenters. The molecule has 0 saturated heterocycles. The Morgan fingerprint density at radius 3 is 2.75 bits per heavy atom. The van der Waals surface area contributed by atoms with Crippen molar-refractivity contribution in [2.45, 2.75) is 19.6 Å². The lowest BCUT2D eigenvalue weighted by Gasteiger charge is -2.13. The van der Waals surface area contributed by atoms with E-state index in [9.17, 15) is 8.78 Å². The number of alkyl halides is 2. The molecule has 2 N–H and O–H groups in total. The molecule has 0 atom stereocenters. The highest BCUT2D eigenvalue weighted by Gasteiger charge is 2.11. The predicted molar refractivity (Wildman–Crippen MR) is 98.9 cm³/mol. The summed E-state index contributed by atoms with van der Waals surface area (Å²) in [4.78, 5) is 7.96. The van der Waals surface area contributed by atoms with Crippen LogP contribution in [-0.2, 0) is 13.1 Å². The van der Waals surface area contributed by atoms with E-state index < -0.39 is 6.55 Å². The molecule has 0 fully saturated rings. The van der Waals surface area contributed by atoms with Crippen LogP contribution < -0.4 is 15.4 Å². The van der Waals surface area contributed by atoms with Crippen LogP contribution in [0.5, 0.6) is 5.75 Å². The fraction of sp³-hybridized carbons (Fsp3) is 0.333. The van der Waals surface area contributed by atoms with Gasteiger partial charge in [-0.3, -0.25) is 9.56 Å². The minimum atomic E-state index is -2.61. The Kier molecular flexibility index (Phi) is 8.44. The number of methoxy groups -OCH3 is 1. The van der Waals surface area contributed by atoms with Crippen LogP contribution in [0.1, 0.15) is 17.9 Å². The van der Waals surface area contributed by atoms with E-state index in [4.69, 9.17) is 4.74 Å². The van der Waals surface area contributed by atoms with Gasteiger partial charge in [0.1, 0.15) is 11.6 Å². The summed E-state index contributed by atoms with van der Waals surface area (Å²) in [5.41, 5.74) is 1.02. The molecule has 2 aromatic rings. The van der Waals surface area contributed by atoms with E-state index in [1.165, 1.54) is 12.4 Å². The van der Waals surface area contributed by atoms with Crippen LogP contribution in [0.2, 0.25) is 0 Å². The summed E-state index contributed by atoms with van der Waals surface area (Å²) < 4.78 is 31.5. The highest BCUT2D eigenvalue weighted by Crippen LogP contribution is 2.13. The molecule has 9 heteroatoms. The van der Waals surface area contributed by atoms with Gasteiger partial charge in [0, 0.05) is 26.0 Å². The Morgan fingerprint density at radius 2 is 2.08 bits per heavy atom. The number of nitrogens with zero attached hydrogens (tertiary/aromatic N) is 3. The van der Waals surface area contributed by atoms with Crippen molar-refractivity contribution in [3.05, 3.63) is 48.0 Å². The zero-order valence-electron chi connectivity index (χ0n) is 13.4. The molecule has 1 aromatic heterocycles. The van der Waals surface area contributed by atoms with Gasteiger partial charge in [-0.15, -0.1) is 24.0 Å². The number of nitrogens with one attached hydrogen (secondary N) is 2. The molecule has 0 amide bonds. The van der Waals surface area contributed by atoms with Crippen LogP contribution in [0, 0.1) is 0 Å². The lowest BCUT2D eigenvalue weighted by atomic mass is 10.2. The third kappa shape index (κ3) is 5.62. The molecule has 132 valence electrons. The average molecular weight is 451 g/mol. The predicted octanol–water partition coefficient (Wildman–Crippen LogP) is 2.77. The topological polar surface area (TPSA) is 63.5 Å². The molecule has 0 aliphatic rings. The standard InChI is InChI=1S/C15H19F2N5O.HI/c1-18-15(20-9-11-4-3-5-12(8-11)23-2)21-10-13-19-6-7-22(13)14(16)17;/h3-8,14H,9-10H2,1-2H3,(H2,18,20,21);1H. The third-order valence-electron chi connectivity index (χ3n) is 3.19. The van der Waals surface area contributed by atoms with Gasteiger partial charge in [0.2, 0.25) is 0 Å². The highest BCUT2D eigenvalue weighted by atomic mass is 127. The first kappa shape index (κ1) is 20.1. The van der Waals surface area contributed by atoms with E-state index in [0.29, 0.717) is 12.5 Å². The summed E-state index contributed by atoms with van der Waals surface area (Å²) in [6.07, 6.45) is 2.59. The maximum Gasteiger partial charge on any atom is 0.319 e. The fourth-order valence-corrected chi connectivity index (χ4v) is 2.01. The van der Waals surface area contributed by atoms with E-state index in [-0.39, 0.29) is 36.3 Å². The first-order valence-corrected chi connectivity index (χ1v) is 7.01. The molecular formula is C15H20F2IN5O. The Hall–Kier alpha value is -1.91. The Morgan fingerprint density at radius 1 is 1.33 bits per heavy atom. The molecule has 2 rings (SSSR count). The summed E-state index contributed by atoms with van der Waals surface area (Å²) in [6, 6.07) is 7.61. The van der Waals surface area contributed by atoms with Crippen LogP contribution in [-0.4, -0.2) is 29.7 Å².